The fourth-order valence-electron chi connectivity index (χ4n) is 6.91. The van der Waals surface area contributed by atoms with Gasteiger partial charge in [-0.15, -0.1) is 0 Å². The number of para-hydroxylation sites is 1. The largest absolute Gasteiger partial charge is 0.321 e. The van der Waals surface area contributed by atoms with Gasteiger partial charge in [0.2, 0.25) is 0 Å². The zero-order valence-electron chi connectivity index (χ0n) is 22.1. The number of carbonyl (C=O) groups is 1. The van der Waals surface area contributed by atoms with Crippen molar-refractivity contribution in [1.29, 1.82) is 0 Å². The summed E-state index contributed by atoms with van der Waals surface area (Å²) in [5, 5.41) is 3.15. The fraction of sp³-hybridized carbons (Fsp3) is 0.0263. The molecule has 0 saturated heterocycles. The minimum Gasteiger partial charge on any atom is -0.321 e. The van der Waals surface area contributed by atoms with E-state index in [-0.39, 0.29) is 11.3 Å². The van der Waals surface area contributed by atoms with Crippen molar-refractivity contribution in [1.82, 2.24) is 0 Å². The molecule has 0 atom stereocenters. The van der Waals surface area contributed by atoms with Crippen LogP contribution in [0, 0.1) is 0 Å². The molecule has 0 heterocycles. The number of nitrogens with one attached hydrogen (secondary N) is 1. The lowest BCUT2D eigenvalue weighted by molar-refractivity contribution is 0.102. The topological polar surface area (TPSA) is 29.1 Å². The molecule has 1 N–H and O–H groups in total. The molecule has 0 bridgehead atoms. The molecule has 3 heteroatoms. The van der Waals surface area contributed by atoms with Crippen LogP contribution in [0.5, 0.6) is 0 Å². The lowest BCUT2D eigenvalue weighted by Gasteiger charge is -2.30. The molecule has 194 valence electrons. The average molecular weight is 591 g/mol. The molecule has 8 rings (SSSR count). The van der Waals surface area contributed by atoms with Gasteiger partial charge in [-0.05, 0) is 86.5 Å². The zero-order valence-corrected chi connectivity index (χ0v) is 23.7. The van der Waals surface area contributed by atoms with Crippen molar-refractivity contribution in [3.05, 3.63) is 172 Å². The van der Waals surface area contributed by atoms with Gasteiger partial charge in [-0.3, -0.25) is 4.79 Å². The number of fused-ring (bicyclic) bond motifs is 10. The summed E-state index contributed by atoms with van der Waals surface area (Å²) in [4.78, 5) is 13.1. The van der Waals surface area contributed by atoms with Gasteiger partial charge < -0.3 is 5.32 Å². The first-order valence-corrected chi connectivity index (χ1v) is 14.6. The van der Waals surface area contributed by atoms with Gasteiger partial charge in [-0.2, -0.15) is 0 Å². The van der Waals surface area contributed by atoms with Crippen molar-refractivity contribution in [3.63, 3.8) is 0 Å². The molecule has 1 amide bonds. The lowest BCUT2D eigenvalue weighted by atomic mass is 9.70. The number of hydrogen-bond donors (Lipinski definition) is 1. The first-order valence-electron chi connectivity index (χ1n) is 13.8. The molecule has 41 heavy (non-hydrogen) atoms. The summed E-state index contributed by atoms with van der Waals surface area (Å²) < 4.78 is 0.943. The summed E-state index contributed by atoms with van der Waals surface area (Å²) >= 11 is 3.45. The number of benzene rings is 6. The van der Waals surface area contributed by atoms with E-state index in [1.807, 2.05) is 42.5 Å². The highest BCUT2D eigenvalue weighted by molar-refractivity contribution is 9.10. The van der Waals surface area contributed by atoms with Gasteiger partial charge in [0, 0.05) is 21.3 Å². The molecule has 0 unspecified atom stereocenters. The molecule has 0 fully saturated rings. The highest BCUT2D eigenvalue weighted by Crippen LogP contribution is 2.62. The predicted octanol–water partition coefficient (Wildman–Crippen LogP) is 9.71. The van der Waals surface area contributed by atoms with E-state index in [0.29, 0.717) is 5.56 Å². The van der Waals surface area contributed by atoms with Gasteiger partial charge in [0.15, 0.2) is 0 Å². The quantitative estimate of drug-likeness (QED) is 0.218. The van der Waals surface area contributed by atoms with E-state index < -0.39 is 0 Å². The van der Waals surface area contributed by atoms with Gasteiger partial charge in [0.05, 0.1) is 5.41 Å². The molecule has 0 aromatic heterocycles. The number of halogens is 1. The minimum atomic E-state index is -0.354. The Balaban J connectivity index is 1.30. The van der Waals surface area contributed by atoms with E-state index in [9.17, 15) is 4.79 Å². The molecule has 0 aliphatic heterocycles. The highest BCUT2D eigenvalue weighted by atomic mass is 79.9. The Morgan fingerprint density at radius 2 is 1.00 bits per heavy atom. The fourth-order valence-corrected chi connectivity index (χ4v) is 7.17. The van der Waals surface area contributed by atoms with Gasteiger partial charge >= 0.3 is 0 Å². The summed E-state index contributed by atoms with van der Waals surface area (Å²) in [6.07, 6.45) is 0. The third-order valence-electron chi connectivity index (χ3n) is 8.59. The van der Waals surface area contributed by atoms with Crippen LogP contribution in [0.4, 0.5) is 5.69 Å². The first-order chi connectivity index (χ1) is 20.2. The summed E-state index contributed by atoms with van der Waals surface area (Å²) in [6.45, 7) is 0. The second-order valence-corrected chi connectivity index (χ2v) is 11.6. The van der Waals surface area contributed by atoms with Crippen LogP contribution >= 0.6 is 15.9 Å². The SMILES string of the molecule is O=C(Nc1ccccc1-c1ccc2c(c1)-c1ccccc1C21c2ccccc2-c2ccccc21)c1ccc(Br)cc1. The van der Waals surface area contributed by atoms with Crippen LogP contribution in [-0.2, 0) is 5.41 Å². The molecule has 2 nitrogen and oxygen atoms in total. The maximum atomic E-state index is 13.1. The molecule has 2 aliphatic carbocycles. The van der Waals surface area contributed by atoms with Gasteiger partial charge in [-0.1, -0.05) is 119 Å². The standard InChI is InChI=1S/C38H24BrNO/c39-26-20-17-24(18-21-26)37(41)40-36-16-8-4-9-27(36)25-19-22-35-31(23-25)30-12-3-7-15-34(30)38(35)32-13-5-1-10-28(32)29-11-2-6-14-33(29)38/h1-23H,(H,40,41). The average Bonchev–Trinajstić information content (AvgIpc) is 3.49. The summed E-state index contributed by atoms with van der Waals surface area (Å²) in [7, 11) is 0. The Morgan fingerprint density at radius 1 is 0.512 bits per heavy atom. The molecular weight excluding hydrogens is 566 g/mol. The zero-order chi connectivity index (χ0) is 27.6. The normalized spacial score (nSPS) is 13.3. The monoisotopic (exact) mass is 589 g/mol. The van der Waals surface area contributed by atoms with E-state index in [2.05, 4.69) is 118 Å². The van der Waals surface area contributed by atoms with Crippen molar-refractivity contribution in [3.8, 4) is 33.4 Å². The van der Waals surface area contributed by atoms with Gasteiger partial charge in [0.1, 0.15) is 0 Å². The third-order valence-corrected chi connectivity index (χ3v) is 9.12. The van der Waals surface area contributed by atoms with Crippen LogP contribution in [-0.4, -0.2) is 5.91 Å². The van der Waals surface area contributed by atoms with Crippen LogP contribution in [0.25, 0.3) is 33.4 Å². The van der Waals surface area contributed by atoms with E-state index in [1.165, 1.54) is 44.5 Å². The maximum Gasteiger partial charge on any atom is 0.255 e. The Hall–Kier alpha value is -4.73. The number of hydrogen-bond acceptors (Lipinski definition) is 1. The molecule has 0 radical (unpaired) electrons. The first kappa shape index (κ1) is 24.1. The Bertz CT molecular complexity index is 1960. The van der Waals surface area contributed by atoms with Crippen LogP contribution in [0.3, 0.4) is 0 Å². The molecule has 2 aliphatic rings. The van der Waals surface area contributed by atoms with Crippen LogP contribution in [0.1, 0.15) is 32.6 Å². The Labute approximate surface area is 247 Å². The molecular formula is C38H24BrNO. The van der Waals surface area contributed by atoms with E-state index in [1.54, 1.807) is 0 Å². The van der Waals surface area contributed by atoms with Crippen molar-refractivity contribution >= 4 is 27.5 Å². The van der Waals surface area contributed by atoms with Crippen molar-refractivity contribution in [2.45, 2.75) is 5.41 Å². The molecule has 6 aromatic rings. The van der Waals surface area contributed by atoms with Crippen molar-refractivity contribution in [2.24, 2.45) is 0 Å². The summed E-state index contributed by atoms with van der Waals surface area (Å²) in [5.41, 5.74) is 13.5. The van der Waals surface area contributed by atoms with Crippen molar-refractivity contribution in [2.75, 3.05) is 5.32 Å². The van der Waals surface area contributed by atoms with Crippen LogP contribution in [0.2, 0.25) is 0 Å². The molecule has 6 aromatic carbocycles. The smallest absolute Gasteiger partial charge is 0.255 e. The highest BCUT2D eigenvalue weighted by Gasteiger charge is 2.51. The van der Waals surface area contributed by atoms with E-state index >= 15 is 0 Å². The number of carbonyl (C=O) groups excluding carboxylic acids is 1. The molecule has 1 spiro atoms. The second kappa shape index (κ2) is 9.15. The minimum absolute atomic E-state index is 0.130. The number of anilines is 1. The van der Waals surface area contributed by atoms with Gasteiger partial charge in [-0.25, -0.2) is 0 Å². The lowest BCUT2D eigenvalue weighted by Crippen LogP contribution is -2.25. The van der Waals surface area contributed by atoms with E-state index in [0.717, 1.165) is 21.3 Å². The summed E-state index contributed by atoms with van der Waals surface area (Å²) in [5.74, 6) is -0.130. The predicted molar refractivity (Wildman–Crippen MR) is 170 cm³/mol. The summed E-state index contributed by atoms with van der Waals surface area (Å²) in [6, 6.07) is 48.8. The van der Waals surface area contributed by atoms with E-state index in [4.69, 9.17) is 0 Å². The third kappa shape index (κ3) is 3.46. The van der Waals surface area contributed by atoms with Gasteiger partial charge in [0.25, 0.3) is 5.91 Å². The van der Waals surface area contributed by atoms with Crippen molar-refractivity contribution < 1.29 is 4.79 Å². The molecule has 0 saturated carbocycles. The second-order valence-electron chi connectivity index (χ2n) is 10.7. The number of amides is 1. The Morgan fingerprint density at radius 3 is 1.61 bits per heavy atom. The maximum absolute atomic E-state index is 13.1. The van der Waals surface area contributed by atoms with Crippen LogP contribution in [0.15, 0.2) is 144 Å². The number of rotatable bonds is 3. The van der Waals surface area contributed by atoms with Crippen LogP contribution < -0.4 is 5.32 Å². The Kier molecular flexibility index (Phi) is 5.38.